The Bertz CT molecular complexity index is 741. The zero-order chi connectivity index (χ0) is 17.9. The average Bonchev–Trinajstić information content (AvgIpc) is 2.60. The maximum absolute atomic E-state index is 12.9. The van der Waals surface area contributed by atoms with E-state index in [0.717, 1.165) is 36.1 Å². The highest BCUT2D eigenvalue weighted by Gasteiger charge is 2.47. The Morgan fingerprint density at radius 3 is 2.52 bits per heavy atom. The van der Waals surface area contributed by atoms with E-state index >= 15 is 0 Å². The van der Waals surface area contributed by atoms with Crippen LogP contribution >= 0.6 is 11.6 Å². The summed E-state index contributed by atoms with van der Waals surface area (Å²) in [6, 6.07) is 14.6. The molecule has 2 aromatic rings. The number of benzene rings is 2. The lowest BCUT2D eigenvalue weighted by Crippen LogP contribution is -2.50. The Morgan fingerprint density at radius 2 is 1.92 bits per heavy atom. The topological polar surface area (TPSA) is 58.6 Å². The van der Waals surface area contributed by atoms with Crippen LogP contribution in [-0.2, 0) is 10.2 Å². The zero-order valence-corrected chi connectivity index (χ0v) is 14.9. The van der Waals surface area contributed by atoms with Crippen molar-refractivity contribution >= 4 is 17.5 Å². The first-order chi connectivity index (χ1) is 12.1. The molecule has 25 heavy (non-hydrogen) atoms. The number of rotatable bonds is 6. The number of carbonyl (C=O) groups excluding carboxylic acids is 1. The van der Waals surface area contributed by atoms with Crippen LogP contribution in [0.2, 0.25) is 5.02 Å². The van der Waals surface area contributed by atoms with Crippen LogP contribution in [0.4, 0.5) is 0 Å². The van der Waals surface area contributed by atoms with Gasteiger partial charge in [-0.05, 0) is 36.6 Å². The molecule has 1 fully saturated rings. The van der Waals surface area contributed by atoms with Crippen molar-refractivity contribution in [2.45, 2.75) is 30.8 Å². The van der Waals surface area contributed by atoms with E-state index in [9.17, 15) is 9.90 Å². The predicted octanol–water partition coefficient (Wildman–Crippen LogP) is 3.62. The number of halogens is 1. The highest BCUT2D eigenvalue weighted by Crippen LogP contribution is 2.47. The Balaban J connectivity index is 1.72. The molecule has 0 bridgehead atoms. The van der Waals surface area contributed by atoms with Crippen LogP contribution in [0.1, 0.15) is 36.5 Å². The van der Waals surface area contributed by atoms with Crippen molar-refractivity contribution in [1.82, 2.24) is 5.32 Å². The normalized spacial score (nSPS) is 16.6. The molecule has 0 heterocycles. The smallest absolute Gasteiger partial charge is 0.230 e. The molecular weight excluding hydrogens is 338 g/mol. The lowest BCUT2D eigenvalue weighted by atomic mass is 9.63. The molecule has 2 N–H and O–H groups in total. The molecule has 0 aromatic heterocycles. The molecule has 1 aliphatic rings. The van der Waals surface area contributed by atoms with Gasteiger partial charge in [-0.2, -0.15) is 0 Å². The number of nitrogens with one attached hydrogen (secondary N) is 1. The monoisotopic (exact) mass is 359 g/mol. The number of aliphatic hydroxyl groups is 1. The van der Waals surface area contributed by atoms with Gasteiger partial charge in [0.25, 0.3) is 0 Å². The van der Waals surface area contributed by atoms with Crippen molar-refractivity contribution in [3.05, 3.63) is 64.7 Å². The van der Waals surface area contributed by atoms with E-state index in [-0.39, 0.29) is 12.5 Å². The van der Waals surface area contributed by atoms with Crippen molar-refractivity contribution < 1.29 is 14.6 Å². The zero-order valence-electron chi connectivity index (χ0n) is 14.2. The fraction of sp³-hybridized carbons (Fsp3) is 0.350. The van der Waals surface area contributed by atoms with Gasteiger partial charge in [0, 0.05) is 17.1 Å². The first kappa shape index (κ1) is 17.8. The number of para-hydroxylation sites is 1. The summed E-state index contributed by atoms with van der Waals surface area (Å²) in [5.41, 5.74) is 1.08. The van der Waals surface area contributed by atoms with E-state index in [0.29, 0.717) is 5.02 Å². The van der Waals surface area contributed by atoms with Crippen LogP contribution < -0.4 is 10.1 Å². The van der Waals surface area contributed by atoms with Gasteiger partial charge in [0.05, 0.1) is 18.6 Å². The molecular formula is C20H22ClNO3. The number of carbonyl (C=O) groups is 1. The van der Waals surface area contributed by atoms with Crippen molar-refractivity contribution in [1.29, 1.82) is 0 Å². The SMILES string of the molecule is COc1ccccc1C1(C(=O)NCC(O)c2ccc(Cl)cc2)CCC1. The molecule has 0 spiro atoms. The number of methoxy groups -OCH3 is 1. The third-order valence-corrected chi connectivity index (χ3v) is 5.23. The highest BCUT2D eigenvalue weighted by atomic mass is 35.5. The van der Waals surface area contributed by atoms with E-state index in [4.69, 9.17) is 16.3 Å². The predicted molar refractivity (Wildman–Crippen MR) is 97.9 cm³/mol. The van der Waals surface area contributed by atoms with Crippen molar-refractivity contribution in [3.63, 3.8) is 0 Å². The summed E-state index contributed by atoms with van der Waals surface area (Å²) in [6.45, 7) is 0.164. The van der Waals surface area contributed by atoms with E-state index in [2.05, 4.69) is 5.32 Å². The highest BCUT2D eigenvalue weighted by molar-refractivity contribution is 6.30. The first-order valence-electron chi connectivity index (χ1n) is 8.42. The van der Waals surface area contributed by atoms with E-state index in [1.165, 1.54) is 0 Å². The lowest BCUT2D eigenvalue weighted by molar-refractivity contribution is -0.130. The first-order valence-corrected chi connectivity index (χ1v) is 8.80. The molecule has 0 radical (unpaired) electrons. The van der Waals surface area contributed by atoms with Crippen LogP contribution in [0.25, 0.3) is 0 Å². The minimum absolute atomic E-state index is 0.0590. The summed E-state index contributed by atoms with van der Waals surface area (Å²) < 4.78 is 5.44. The number of aliphatic hydroxyl groups excluding tert-OH is 1. The molecule has 1 saturated carbocycles. The summed E-state index contributed by atoms with van der Waals surface area (Å²) in [7, 11) is 1.62. The molecule has 3 rings (SSSR count). The number of amides is 1. The number of hydrogen-bond acceptors (Lipinski definition) is 3. The van der Waals surface area contributed by atoms with Gasteiger partial charge in [-0.3, -0.25) is 4.79 Å². The van der Waals surface area contributed by atoms with Crippen LogP contribution in [0.3, 0.4) is 0 Å². The number of hydrogen-bond donors (Lipinski definition) is 2. The van der Waals surface area contributed by atoms with Gasteiger partial charge in [0.15, 0.2) is 0 Å². The van der Waals surface area contributed by atoms with Crippen LogP contribution in [0, 0.1) is 0 Å². The quantitative estimate of drug-likeness (QED) is 0.828. The summed E-state index contributed by atoms with van der Waals surface area (Å²) in [6.07, 6.45) is 1.81. The minimum Gasteiger partial charge on any atom is -0.496 e. The van der Waals surface area contributed by atoms with Gasteiger partial charge in [0.1, 0.15) is 5.75 Å². The third kappa shape index (κ3) is 3.51. The lowest BCUT2D eigenvalue weighted by Gasteiger charge is -2.41. The Morgan fingerprint density at radius 1 is 1.24 bits per heavy atom. The van der Waals surface area contributed by atoms with E-state index < -0.39 is 11.5 Å². The second-order valence-corrected chi connectivity index (χ2v) is 6.85. The van der Waals surface area contributed by atoms with Crippen LogP contribution in [0.5, 0.6) is 5.75 Å². The Kier molecular flexibility index (Phi) is 5.30. The third-order valence-electron chi connectivity index (χ3n) is 4.98. The second kappa shape index (κ2) is 7.46. The number of ether oxygens (including phenoxy) is 1. The average molecular weight is 360 g/mol. The molecule has 5 heteroatoms. The fourth-order valence-corrected chi connectivity index (χ4v) is 3.48. The van der Waals surface area contributed by atoms with Crippen molar-refractivity contribution in [2.24, 2.45) is 0 Å². The summed E-state index contributed by atoms with van der Waals surface area (Å²) >= 11 is 5.86. The standard InChI is InChI=1S/C20H22ClNO3/c1-25-18-6-3-2-5-16(18)20(11-4-12-20)19(24)22-13-17(23)14-7-9-15(21)10-8-14/h2-3,5-10,17,23H,4,11-13H2,1H3,(H,22,24). The molecule has 2 aromatic carbocycles. The minimum atomic E-state index is -0.768. The largest absolute Gasteiger partial charge is 0.496 e. The van der Waals surface area contributed by atoms with Gasteiger partial charge in [-0.25, -0.2) is 0 Å². The van der Waals surface area contributed by atoms with E-state index in [1.54, 1.807) is 31.4 Å². The van der Waals surface area contributed by atoms with Gasteiger partial charge in [-0.1, -0.05) is 48.4 Å². The van der Waals surface area contributed by atoms with Gasteiger partial charge in [0.2, 0.25) is 5.91 Å². The Hall–Kier alpha value is -2.04. The van der Waals surface area contributed by atoms with E-state index in [1.807, 2.05) is 24.3 Å². The molecule has 4 nitrogen and oxygen atoms in total. The molecule has 0 saturated heterocycles. The molecule has 1 amide bonds. The van der Waals surface area contributed by atoms with Crippen molar-refractivity contribution in [3.8, 4) is 5.75 Å². The molecule has 1 unspecified atom stereocenters. The van der Waals surface area contributed by atoms with Crippen molar-refractivity contribution in [2.75, 3.05) is 13.7 Å². The summed E-state index contributed by atoms with van der Waals surface area (Å²) in [5, 5.41) is 13.8. The van der Waals surface area contributed by atoms with Crippen LogP contribution in [0.15, 0.2) is 48.5 Å². The summed E-state index contributed by atoms with van der Waals surface area (Å²) in [5.74, 6) is 0.673. The Labute approximate surface area is 152 Å². The maximum Gasteiger partial charge on any atom is 0.230 e. The van der Waals surface area contributed by atoms with Crippen LogP contribution in [-0.4, -0.2) is 24.7 Å². The second-order valence-electron chi connectivity index (χ2n) is 6.41. The maximum atomic E-state index is 12.9. The molecule has 1 atom stereocenters. The fourth-order valence-electron chi connectivity index (χ4n) is 3.35. The summed E-state index contributed by atoms with van der Waals surface area (Å²) in [4.78, 5) is 12.9. The molecule has 0 aliphatic heterocycles. The molecule has 1 aliphatic carbocycles. The van der Waals surface area contributed by atoms with Gasteiger partial charge < -0.3 is 15.2 Å². The molecule has 132 valence electrons. The van der Waals surface area contributed by atoms with Gasteiger partial charge in [-0.15, -0.1) is 0 Å². The van der Waals surface area contributed by atoms with Gasteiger partial charge >= 0.3 is 0 Å².